The summed E-state index contributed by atoms with van der Waals surface area (Å²) in [6, 6.07) is 0. The van der Waals surface area contributed by atoms with Crippen LogP contribution in [0.15, 0.2) is 12.2 Å². The van der Waals surface area contributed by atoms with Crippen molar-refractivity contribution in [2.45, 2.75) is 39.5 Å². The number of esters is 1. The van der Waals surface area contributed by atoms with Crippen LogP contribution in [0.2, 0.25) is 0 Å². The van der Waals surface area contributed by atoms with Gasteiger partial charge in [0.15, 0.2) is 5.78 Å². The van der Waals surface area contributed by atoms with Gasteiger partial charge in [0.25, 0.3) is 0 Å². The molecular weight excluding hydrogens is 180 g/mol. The third-order valence-corrected chi connectivity index (χ3v) is 1.64. The van der Waals surface area contributed by atoms with Crippen molar-refractivity contribution in [2.24, 2.45) is 0 Å². The highest BCUT2D eigenvalue weighted by Gasteiger charge is 2.04. The summed E-state index contributed by atoms with van der Waals surface area (Å²) in [7, 11) is 0. The Hall–Kier alpha value is -1.12. The van der Waals surface area contributed by atoms with E-state index in [1.165, 1.54) is 0 Å². The molecule has 0 fully saturated rings. The molecule has 0 rings (SSSR count). The van der Waals surface area contributed by atoms with Crippen LogP contribution in [0.5, 0.6) is 0 Å². The zero-order valence-corrected chi connectivity index (χ0v) is 8.91. The predicted octanol–water partition coefficient (Wildman–Crippen LogP) is 2.26. The lowest BCUT2D eigenvalue weighted by atomic mass is 10.2. The summed E-state index contributed by atoms with van der Waals surface area (Å²) in [5, 5.41) is 0. The number of hydrogen-bond acceptors (Lipinski definition) is 3. The Labute approximate surface area is 85.1 Å². The van der Waals surface area contributed by atoms with Crippen molar-refractivity contribution in [3.8, 4) is 0 Å². The zero-order chi connectivity index (χ0) is 10.8. The number of rotatable bonds is 7. The van der Waals surface area contributed by atoms with Gasteiger partial charge in [0.2, 0.25) is 0 Å². The van der Waals surface area contributed by atoms with Gasteiger partial charge in [-0.15, -0.1) is 0 Å². The summed E-state index contributed by atoms with van der Waals surface area (Å²) in [5.74, 6) is -0.309. The molecule has 0 aromatic heterocycles. The van der Waals surface area contributed by atoms with E-state index < -0.39 is 0 Å². The topological polar surface area (TPSA) is 43.4 Å². The number of carbonyl (C=O) groups excluding carboxylic acids is 2. The molecule has 0 N–H and O–H groups in total. The van der Waals surface area contributed by atoms with Crippen LogP contribution in [0, 0.1) is 0 Å². The van der Waals surface area contributed by atoms with E-state index in [0.717, 1.165) is 12.8 Å². The summed E-state index contributed by atoms with van der Waals surface area (Å²) in [6.45, 7) is 4.17. The first-order chi connectivity index (χ1) is 6.70. The van der Waals surface area contributed by atoms with Gasteiger partial charge < -0.3 is 4.74 Å². The second-order valence-corrected chi connectivity index (χ2v) is 2.96. The maximum atomic E-state index is 11.1. The van der Waals surface area contributed by atoms with Gasteiger partial charge >= 0.3 is 5.97 Å². The molecule has 0 aliphatic carbocycles. The predicted molar refractivity (Wildman–Crippen MR) is 54.9 cm³/mol. The molecule has 3 nitrogen and oxygen atoms in total. The van der Waals surface area contributed by atoms with Crippen molar-refractivity contribution < 1.29 is 14.3 Å². The van der Waals surface area contributed by atoms with Gasteiger partial charge in [-0.05, 0) is 19.4 Å². The molecule has 14 heavy (non-hydrogen) atoms. The lowest BCUT2D eigenvalue weighted by Gasteiger charge is -1.98. The van der Waals surface area contributed by atoms with Crippen LogP contribution >= 0.6 is 0 Å². The lowest BCUT2D eigenvalue weighted by Crippen LogP contribution is -2.06. The fourth-order valence-electron chi connectivity index (χ4n) is 0.923. The summed E-state index contributed by atoms with van der Waals surface area (Å²) >= 11 is 0. The third-order valence-electron chi connectivity index (χ3n) is 1.64. The third kappa shape index (κ3) is 7.53. The van der Waals surface area contributed by atoms with E-state index in [9.17, 15) is 9.59 Å². The molecule has 0 amide bonds. The molecule has 80 valence electrons. The van der Waals surface area contributed by atoms with Crippen molar-refractivity contribution in [2.75, 3.05) is 6.61 Å². The first-order valence-electron chi connectivity index (χ1n) is 5.05. The summed E-state index contributed by atoms with van der Waals surface area (Å²) in [6.07, 6.45) is 5.76. The highest BCUT2D eigenvalue weighted by molar-refractivity contribution is 5.91. The van der Waals surface area contributed by atoms with Crippen LogP contribution < -0.4 is 0 Å². The number of hydrogen-bond donors (Lipinski definition) is 0. The molecule has 0 bridgehead atoms. The van der Waals surface area contributed by atoms with Crippen molar-refractivity contribution in [1.82, 2.24) is 0 Å². The van der Waals surface area contributed by atoms with Crippen LogP contribution in [0.1, 0.15) is 39.5 Å². The molecule has 0 atom stereocenters. The molecule has 3 heteroatoms. The number of allylic oxidation sites excluding steroid dienone is 2. The molecule has 0 aromatic rings. The van der Waals surface area contributed by atoms with Crippen LogP contribution in [0.25, 0.3) is 0 Å². The minimum atomic E-state index is -0.301. The fourth-order valence-corrected chi connectivity index (χ4v) is 0.923. The van der Waals surface area contributed by atoms with Gasteiger partial charge in [-0.2, -0.15) is 0 Å². The van der Waals surface area contributed by atoms with Crippen LogP contribution in [0.4, 0.5) is 0 Å². The Balaban J connectivity index is 3.58. The van der Waals surface area contributed by atoms with Gasteiger partial charge in [-0.25, -0.2) is 0 Å². The van der Waals surface area contributed by atoms with Gasteiger partial charge in [-0.1, -0.05) is 19.4 Å². The Morgan fingerprint density at radius 2 is 1.93 bits per heavy atom. The summed E-state index contributed by atoms with van der Waals surface area (Å²) < 4.78 is 4.70. The zero-order valence-electron chi connectivity index (χ0n) is 8.91. The highest BCUT2D eigenvalue weighted by Crippen LogP contribution is 1.97. The standard InChI is InChI=1S/C11H18O3/c1-3-5-6-7-10(12)8-9-11(13)14-4-2/h6-7H,3-5,8-9H2,1-2H3/b7-6+. The Morgan fingerprint density at radius 1 is 1.21 bits per heavy atom. The fraction of sp³-hybridized carbons (Fsp3) is 0.636. The van der Waals surface area contributed by atoms with E-state index in [1.807, 2.05) is 13.0 Å². The molecule has 0 saturated heterocycles. The van der Waals surface area contributed by atoms with E-state index in [1.54, 1.807) is 13.0 Å². The van der Waals surface area contributed by atoms with E-state index in [0.29, 0.717) is 6.61 Å². The average molecular weight is 198 g/mol. The van der Waals surface area contributed by atoms with Gasteiger partial charge in [0.05, 0.1) is 13.0 Å². The van der Waals surface area contributed by atoms with Crippen LogP contribution in [0.3, 0.4) is 0 Å². The Morgan fingerprint density at radius 3 is 2.50 bits per heavy atom. The van der Waals surface area contributed by atoms with Crippen molar-refractivity contribution in [3.63, 3.8) is 0 Å². The number of ketones is 1. The molecule has 0 heterocycles. The van der Waals surface area contributed by atoms with E-state index in [-0.39, 0.29) is 24.6 Å². The maximum absolute atomic E-state index is 11.1. The van der Waals surface area contributed by atoms with Crippen molar-refractivity contribution >= 4 is 11.8 Å². The first-order valence-corrected chi connectivity index (χ1v) is 5.05. The average Bonchev–Trinajstić information content (AvgIpc) is 2.16. The number of carbonyl (C=O) groups is 2. The molecule has 0 aliphatic rings. The minimum absolute atomic E-state index is 0.00787. The molecule has 0 spiro atoms. The SMILES string of the molecule is CCC/C=C/C(=O)CCC(=O)OCC. The lowest BCUT2D eigenvalue weighted by molar-refractivity contribution is -0.144. The van der Waals surface area contributed by atoms with E-state index >= 15 is 0 Å². The number of ether oxygens (including phenoxy) is 1. The van der Waals surface area contributed by atoms with Gasteiger partial charge in [0, 0.05) is 6.42 Å². The smallest absolute Gasteiger partial charge is 0.306 e. The van der Waals surface area contributed by atoms with E-state index in [2.05, 4.69) is 0 Å². The largest absolute Gasteiger partial charge is 0.466 e. The molecule has 0 unspecified atom stereocenters. The molecular formula is C11H18O3. The van der Waals surface area contributed by atoms with Crippen molar-refractivity contribution in [3.05, 3.63) is 12.2 Å². The second kappa shape index (κ2) is 8.48. The second-order valence-electron chi connectivity index (χ2n) is 2.96. The van der Waals surface area contributed by atoms with Crippen molar-refractivity contribution in [1.29, 1.82) is 0 Å². The monoisotopic (exact) mass is 198 g/mol. The highest BCUT2D eigenvalue weighted by atomic mass is 16.5. The number of unbranched alkanes of at least 4 members (excludes halogenated alkanes) is 1. The van der Waals surface area contributed by atoms with Crippen LogP contribution in [-0.4, -0.2) is 18.4 Å². The summed E-state index contributed by atoms with van der Waals surface area (Å²) in [4.78, 5) is 22.0. The quantitative estimate of drug-likeness (QED) is 0.465. The maximum Gasteiger partial charge on any atom is 0.306 e. The molecule has 0 aliphatic heterocycles. The molecule has 0 saturated carbocycles. The first kappa shape index (κ1) is 12.9. The Bertz CT molecular complexity index is 207. The summed E-state index contributed by atoms with van der Waals surface area (Å²) in [5.41, 5.74) is 0. The van der Waals surface area contributed by atoms with Gasteiger partial charge in [0.1, 0.15) is 0 Å². The normalized spacial score (nSPS) is 10.4. The minimum Gasteiger partial charge on any atom is -0.466 e. The molecule has 0 aromatic carbocycles. The van der Waals surface area contributed by atoms with Crippen LogP contribution in [-0.2, 0) is 14.3 Å². The molecule has 0 radical (unpaired) electrons. The Kier molecular flexibility index (Phi) is 7.80. The van der Waals surface area contributed by atoms with Gasteiger partial charge in [-0.3, -0.25) is 9.59 Å². The van der Waals surface area contributed by atoms with E-state index in [4.69, 9.17) is 4.74 Å².